The second kappa shape index (κ2) is 8.39. The predicted molar refractivity (Wildman–Crippen MR) is 99.2 cm³/mol. The SMILES string of the molecule is CCC1(CC)NC(=O)N(CC(=O)O[C@H](C)C(=O)Nc2ccc(Cl)cc2)C1=O. The zero-order valence-corrected chi connectivity index (χ0v) is 16.1. The number of esters is 1. The van der Waals surface area contributed by atoms with Crippen LogP contribution in [0.3, 0.4) is 0 Å². The third-order valence-corrected chi connectivity index (χ3v) is 4.78. The highest BCUT2D eigenvalue weighted by molar-refractivity contribution is 6.30. The summed E-state index contributed by atoms with van der Waals surface area (Å²) in [5, 5.41) is 5.73. The molecule has 2 N–H and O–H groups in total. The van der Waals surface area contributed by atoms with Crippen molar-refractivity contribution >= 4 is 41.1 Å². The third-order valence-electron chi connectivity index (χ3n) is 4.53. The van der Waals surface area contributed by atoms with Crippen LogP contribution in [-0.2, 0) is 19.1 Å². The number of imide groups is 1. The summed E-state index contributed by atoms with van der Waals surface area (Å²) in [5.41, 5.74) is -0.494. The van der Waals surface area contributed by atoms with E-state index in [0.29, 0.717) is 23.6 Å². The lowest BCUT2D eigenvalue weighted by molar-refractivity contribution is -0.155. The van der Waals surface area contributed by atoms with E-state index in [1.165, 1.54) is 6.92 Å². The number of carbonyl (C=O) groups excluding carboxylic acids is 4. The van der Waals surface area contributed by atoms with Crippen LogP contribution < -0.4 is 10.6 Å². The fraction of sp³-hybridized carbons (Fsp3) is 0.444. The minimum atomic E-state index is -1.10. The summed E-state index contributed by atoms with van der Waals surface area (Å²) in [4.78, 5) is 49.5. The lowest BCUT2D eigenvalue weighted by atomic mass is 9.93. The average Bonchev–Trinajstić information content (AvgIpc) is 2.88. The number of urea groups is 1. The van der Waals surface area contributed by atoms with E-state index in [1.54, 1.807) is 38.1 Å². The number of ether oxygens (including phenoxy) is 1. The Balaban J connectivity index is 1.92. The molecule has 1 saturated heterocycles. The third kappa shape index (κ3) is 4.57. The van der Waals surface area contributed by atoms with Gasteiger partial charge in [0.25, 0.3) is 11.8 Å². The summed E-state index contributed by atoms with van der Waals surface area (Å²) in [7, 11) is 0. The van der Waals surface area contributed by atoms with E-state index in [0.717, 1.165) is 4.90 Å². The Bertz CT molecular complexity index is 746. The van der Waals surface area contributed by atoms with Crippen LogP contribution in [0.1, 0.15) is 33.6 Å². The Hall–Kier alpha value is -2.61. The number of hydrogen-bond donors (Lipinski definition) is 2. The monoisotopic (exact) mass is 395 g/mol. The van der Waals surface area contributed by atoms with E-state index < -0.39 is 42.0 Å². The van der Waals surface area contributed by atoms with Gasteiger partial charge in [-0.2, -0.15) is 0 Å². The molecule has 146 valence electrons. The first-order valence-corrected chi connectivity index (χ1v) is 9.00. The molecule has 0 bridgehead atoms. The van der Waals surface area contributed by atoms with E-state index in [2.05, 4.69) is 10.6 Å². The Morgan fingerprint density at radius 3 is 2.33 bits per heavy atom. The number of benzene rings is 1. The van der Waals surface area contributed by atoms with Crippen molar-refractivity contribution < 1.29 is 23.9 Å². The second-order valence-corrected chi connectivity index (χ2v) is 6.68. The first kappa shape index (κ1) is 20.7. The Morgan fingerprint density at radius 2 is 1.81 bits per heavy atom. The molecule has 1 aromatic carbocycles. The first-order chi connectivity index (χ1) is 12.7. The number of carbonyl (C=O) groups is 4. The van der Waals surface area contributed by atoms with Crippen LogP contribution in [0.5, 0.6) is 0 Å². The van der Waals surface area contributed by atoms with Gasteiger partial charge in [-0.1, -0.05) is 25.4 Å². The maximum Gasteiger partial charge on any atom is 0.327 e. The molecule has 0 unspecified atom stereocenters. The van der Waals surface area contributed by atoms with E-state index in [4.69, 9.17) is 16.3 Å². The van der Waals surface area contributed by atoms with Crippen LogP contribution in [0.4, 0.5) is 10.5 Å². The van der Waals surface area contributed by atoms with Crippen molar-refractivity contribution in [3.8, 4) is 0 Å². The molecule has 27 heavy (non-hydrogen) atoms. The Kier molecular flexibility index (Phi) is 6.43. The van der Waals surface area contributed by atoms with Crippen molar-refractivity contribution in [2.75, 3.05) is 11.9 Å². The van der Waals surface area contributed by atoms with Crippen LogP contribution in [0, 0.1) is 0 Å². The van der Waals surface area contributed by atoms with Crippen molar-refractivity contribution in [2.45, 2.75) is 45.3 Å². The highest BCUT2D eigenvalue weighted by atomic mass is 35.5. The molecule has 0 aromatic heterocycles. The van der Waals surface area contributed by atoms with Gasteiger partial charge in [0.2, 0.25) is 0 Å². The first-order valence-electron chi connectivity index (χ1n) is 8.62. The number of anilines is 1. The fourth-order valence-electron chi connectivity index (χ4n) is 2.74. The molecule has 8 nitrogen and oxygen atoms in total. The van der Waals surface area contributed by atoms with Crippen molar-refractivity contribution in [3.05, 3.63) is 29.3 Å². The quantitative estimate of drug-likeness (QED) is 0.544. The van der Waals surface area contributed by atoms with Gasteiger partial charge >= 0.3 is 12.0 Å². The Labute approximate surface area is 162 Å². The molecule has 0 spiro atoms. The summed E-state index contributed by atoms with van der Waals surface area (Å²) in [6.45, 7) is 4.42. The van der Waals surface area contributed by atoms with Gasteiger partial charge in [0.1, 0.15) is 12.1 Å². The number of hydrogen-bond acceptors (Lipinski definition) is 5. The molecule has 9 heteroatoms. The smallest absolute Gasteiger partial charge is 0.327 e. The van der Waals surface area contributed by atoms with Gasteiger partial charge in [-0.15, -0.1) is 0 Å². The van der Waals surface area contributed by atoms with Gasteiger partial charge in [-0.3, -0.25) is 19.3 Å². The summed E-state index contributed by atoms with van der Waals surface area (Å²) in [6.07, 6.45) is -0.268. The largest absolute Gasteiger partial charge is 0.451 e. The average molecular weight is 396 g/mol. The van der Waals surface area contributed by atoms with Crippen LogP contribution >= 0.6 is 11.6 Å². The van der Waals surface area contributed by atoms with E-state index in [9.17, 15) is 19.2 Å². The molecule has 1 atom stereocenters. The molecule has 2 rings (SSSR count). The van der Waals surface area contributed by atoms with Crippen molar-refractivity contribution in [1.29, 1.82) is 0 Å². The van der Waals surface area contributed by atoms with Crippen LogP contribution in [0.2, 0.25) is 5.02 Å². The van der Waals surface area contributed by atoms with Gasteiger partial charge < -0.3 is 15.4 Å². The molecule has 4 amide bonds. The topological polar surface area (TPSA) is 105 Å². The number of nitrogens with zero attached hydrogens (tertiary/aromatic N) is 1. The molecule has 0 saturated carbocycles. The number of nitrogens with one attached hydrogen (secondary N) is 2. The molecule has 0 aliphatic carbocycles. The van der Waals surface area contributed by atoms with Crippen molar-refractivity contribution in [2.24, 2.45) is 0 Å². The van der Waals surface area contributed by atoms with Gasteiger partial charge in [-0.05, 0) is 44.0 Å². The van der Waals surface area contributed by atoms with Gasteiger partial charge in [0, 0.05) is 10.7 Å². The molecular weight excluding hydrogens is 374 g/mol. The standard InChI is InChI=1S/C18H22ClN3O5/c1-4-18(5-2)16(25)22(17(26)21-18)10-14(23)27-11(3)15(24)20-13-8-6-12(19)7-9-13/h6-9,11H,4-5,10H2,1-3H3,(H,20,24)(H,21,26)/t11-/m1/s1. The van der Waals surface area contributed by atoms with Crippen LogP contribution in [0.25, 0.3) is 0 Å². The van der Waals surface area contributed by atoms with E-state index >= 15 is 0 Å². The highest BCUT2D eigenvalue weighted by Crippen LogP contribution is 2.24. The normalized spacial score (nSPS) is 16.7. The van der Waals surface area contributed by atoms with Gasteiger partial charge in [0.05, 0.1) is 0 Å². The lowest BCUT2D eigenvalue weighted by Crippen LogP contribution is -2.46. The predicted octanol–water partition coefficient (Wildman–Crippen LogP) is 2.32. The van der Waals surface area contributed by atoms with E-state index in [-0.39, 0.29) is 0 Å². The van der Waals surface area contributed by atoms with Crippen molar-refractivity contribution in [1.82, 2.24) is 10.2 Å². The maximum atomic E-state index is 12.5. The summed E-state index contributed by atoms with van der Waals surface area (Å²) in [5.74, 6) is -1.85. The number of rotatable bonds is 7. The molecule has 1 fully saturated rings. The molecule has 1 aliphatic heterocycles. The molecule has 1 heterocycles. The lowest BCUT2D eigenvalue weighted by Gasteiger charge is -2.23. The summed E-state index contributed by atoms with van der Waals surface area (Å²) in [6, 6.07) is 5.80. The van der Waals surface area contributed by atoms with Crippen molar-refractivity contribution in [3.63, 3.8) is 0 Å². The molecule has 1 aliphatic rings. The van der Waals surface area contributed by atoms with Crippen LogP contribution in [-0.4, -0.2) is 46.9 Å². The van der Waals surface area contributed by atoms with E-state index in [1.807, 2.05) is 0 Å². The van der Waals surface area contributed by atoms with Crippen LogP contribution in [0.15, 0.2) is 24.3 Å². The number of amides is 4. The van der Waals surface area contributed by atoms with Gasteiger partial charge in [0.15, 0.2) is 6.10 Å². The molecular formula is C18H22ClN3O5. The zero-order valence-electron chi connectivity index (χ0n) is 15.4. The zero-order chi connectivity index (χ0) is 20.2. The molecule has 0 radical (unpaired) electrons. The minimum Gasteiger partial charge on any atom is -0.451 e. The second-order valence-electron chi connectivity index (χ2n) is 6.24. The highest BCUT2D eigenvalue weighted by Gasteiger charge is 2.49. The van der Waals surface area contributed by atoms with Gasteiger partial charge in [-0.25, -0.2) is 4.79 Å². The summed E-state index contributed by atoms with van der Waals surface area (Å²) >= 11 is 5.78. The number of halogens is 1. The minimum absolute atomic E-state index is 0.416. The fourth-order valence-corrected chi connectivity index (χ4v) is 2.87. The maximum absolute atomic E-state index is 12.5. The summed E-state index contributed by atoms with van der Waals surface area (Å²) < 4.78 is 5.05. The molecule has 1 aromatic rings. The Morgan fingerprint density at radius 1 is 1.22 bits per heavy atom.